The smallest absolute Gasteiger partial charge is 0.298 e. The van der Waals surface area contributed by atoms with Crippen LogP contribution in [0, 0.1) is 25.2 Å². The second-order valence-electron chi connectivity index (χ2n) is 17.2. The van der Waals surface area contributed by atoms with Crippen LogP contribution in [0.3, 0.4) is 0 Å². The van der Waals surface area contributed by atoms with Crippen molar-refractivity contribution >= 4 is 151 Å². The molecule has 438 valence electrons. The first-order chi connectivity index (χ1) is 38.7. The van der Waals surface area contributed by atoms with Crippen molar-refractivity contribution in [1.29, 1.82) is 5.26 Å². The molecule has 1 amide bonds. The van der Waals surface area contributed by atoms with Gasteiger partial charge < -0.3 is 19.9 Å². The molecule has 37 heteroatoms. The van der Waals surface area contributed by atoms with Crippen LogP contribution in [0.1, 0.15) is 42.0 Å². The van der Waals surface area contributed by atoms with E-state index in [1.54, 1.807) is 6.92 Å². The van der Waals surface area contributed by atoms with Gasteiger partial charge in [0.15, 0.2) is 11.3 Å². The van der Waals surface area contributed by atoms with E-state index >= 15 is 0 Å². The molecule has 0 aliphatic carbocycles. The maximum atomic E-state index is 12.8. The third kappa shape index (κ3) is 14.9. The molecule has 30 nitrogen and oxygen atoms in total. The first-order valence-electron chi connectivity index (χ1n) is 23.1. The molecule has 4 aromatic carbocycles. The number of thiazole rings is 1. The first kappa shape index (κ1) is 62.9. The van der Waals surface area contributed by atoms with Gasteiger partial charge >= 0.3 is 0 Å². The summed E-state index contributed by atoms with van der Waals surface area (Å²) in [5.74, 6) is -2.95. The van der Waals surface area contributed by atoms with Gasteiger partial charge in [-0.1, -0.05) is 24.0 Å². The van der Waals surface area contributed by atoms with E-state index in [2.05, 4.69) is 52.5 Å². The van der Waals surface area contributed by atoms with Crippen LogP contribution in [-0.2, 0) is 55.4 Å². The van der Waals surface area contributed by atoms with E-state index in [9.17, 15) is 80.0 Å². The number of aromatic nitrogens is 3. The molecule has 7 rings (SSSR count). The van der Waals surface area contributed by atoms with Crippen LogP contribution in [0.15, 0.2) is 113 Å². The molecule has 0 aliphatic heterocycles. The number of imidazole rings is 1. The first-order valence-corrected chi connectivity index (χ1v) is 32.4. The van der Waals surface area contributed by atoms with Crippen molar-refractivity contribution in [1.82, 2.24) is 14.4 Å². The number of hydrogen-bond acceptors (Lipinski definition) is 25. The lowest BCUT2D eigenvalue weighted by molar-refractivity contribution is -0.114. The van der Waals surface area contributed by atoms with Gasteiger partial charge in [-0.2, -0.15) is 52.5 Å². The molecule has 0 unspecified atom stereocenters. The number of thioether (sulfide) groups is 1. The largest absolute Gasteiger partial charge is 0.494 e. The molecule has 0 radical (unpaired) electrons. The quantitative estimate of drug-likeness (QED) is 0.0103. The normalized spacial score (nSPS) is 13.0. The molecule has 0 atom stereocenters. The lowest BCUT2D eigenvalue weighted by Gasteiger charge is -2.13. The van der Waals surface area contributed by atoms with Gasteiger partial charge in [-0.25, -0.2) is 9.97 Å². The highest BCUT2D eigenvalue weighted by molar-refractivity contribution is 7.99. The maximum absolute atomic E-state index is 12.8. The summed E-state index contributed by atoms with van der Waals surface area (Å²) in [6, 6.07) is 11.8. The molecular weight excluding hydrogens is 1240 g/mol. The summed E-state index contributed by atoms with van der Waals surface area (Å²) in [5.41, 5.74) is -2.16. The number of azo groups is 3. The van der Waals surface area contributed by atoms with E-state index in [1.165, 1.54) is 50.4 Å². The Balaban J connectivity index is 1.32. The fraction of sp³-hybridized carbons (Fsp3) is 0.217. The number of anilines is 1. The molecule has 0 spiro atoms. The summed E-state index contributed by atoms with van der Waals surface area (Å²) >= 11 is 1.75. The van der Waals surface area contributed by atoms with Gasteiger partial charge in [0, 0.05) is 29.5 Å². The standard InChI is InChI=1S/C46H43N11O19S7/c1-6-9-38(81(66,67)68)26-17-37-41(39(18-26)82(69,70)71)50-46(78-37)56-53-32-21-36(77-13-8-15-80(63,64)65)33(20-34(32)75-5)54-51-30-19-35(76-12-7-14-79(60,61)62)31(16-23(30)2)52-55-40-24(3)27(22-47)44-49-28-10-11-29(48-25(4)58)43(83(72,73)74)42(28)57(44)45(40)59/h6,9-11,16-21,59H,1,7-8,12-15H2,2-5H3,(H,48,58)(H,60,61,62)(H,63,64,65)(H,66,67,68)(H,69,70,71)(H,72,73,74)/b38-9+,54-51?,55-52?,56-53?. The zero-order valence-corrected chi connectivity index (χ0v) is 48.8. The Kier molecular flexibility index (Phi) is 18.6. The fourth-order valence-electron chi connectivity index (χ4n) is 7.77. The lowest BCUT2D eigenvalue weighted by atomic mass is 10.1. The zero-order valence-electron chi connectivity index (χ0n) is 43.0. The summed E-state index contributed by atoms with van der Waals surface area (Å²) in [6.07, 6.45) is 1.62. The van der Waals surface area contributed by atoms with Crippen LogP contribution >= 0.6 is 23.1 Å². The van der Waals surface area contributed by atoms with Crippen molar-refractivity contribution in [3.05, 3.63) is 89.5 Å². The van der Waals surface area contributed by atoms with Crippen LogP contribution in [0.5, 0.6) is 17.4 Å². The Morgan fingerprint density at radius 2 is 1.46 bits per heavy atom. The number of aryl methyl sites for hydroxylation is 1. The minimum absolute atomic E-state index is 0.00272. The number of ether oxygens (including phenoxy) is 2. The minimum Gasteiger partial charge on any atom is -0.494 e. The average molecular weight is 1280 g/mol. The van der Waals surface area contributed by atoms with Crippen molar-refractivity contribution in [2.24, 2.45) is 30.7 Å². The van der Waals surface area contributed by atoms with E-state index in [-0.39, 0.29) is 113 Å². The number of rotatable bonds is 23. The molecule has 7 aromatic rings. The van der Waals surface area contributed by atoms with Crippen molar-refractivity contribution in [3.63, 3.8) is 0 Å². The molecule has 0 aliphatic rings. The number of methoxy groups -OCH3 is 1. The Labute approximate surface area is 479 Å². The van der Waals surface area contributed by atoms with Crippen LogP contribution in [0.25, 0.3) is 31.8 Å². The summed E-state index contributed by atoms with van der Waals surface area (Å²) in [5, 5.41) is 49.8. The maximum Gasteiger partial charge on any atom is 0.298 e. The lowest BCUT2D eigenvalue weighted by Crippen LogP contribution is -2.11. The van der Waals surface area contributed by atoms with Crippen LogP contribution < -0.4 is 14.8 Å². The summed E-state index contributed by atoms with van der Waals surface area (Å²) in [6.45, 7) is 7.06. The van der Waals surface area contributed by atoms with E-state index in [0.29, 0.717) is 16.9 Å². The number of hydrogen-bond donors (Lipinski definition) is 7. The van der Waals surface area contributed by atoms with Gasteiger partial charge in [0.1, 0.15) is 60.4 Å². The molecule has 83 heavy (non-hydrogen) atoms. The van der Waals surface area contributed by atoms with Crippen molar-refractivity contribution < 1.29 is 84.2 Å². The highest BCUT2D eigenvalue weighted by atomic mass is 32.2. The van der Waals surface area contributed by atoms with E-state index in [0.717, 1.165) is 47.4 Å². The number of nitrogens with zero attached hydrogens (tertiary/aromatic N) is 10. The van der Waals surface area contributed by atoms with Gasteiger partial charge in [0.05, 0.1) is 52.3 Å². The number of carbonyl (C=O) groups excluding carboxylic acids is 1. The Morgan fingerprint density at radius 1 is 0.819 bits per heavy atom. The Morgan fingerprint density at radius 3 is 2.07 bits per heavy atom. The number of pyridine rings is 1. The predicted octanol–water partition coefficient (Wildman–Crippen LogP) is 9.44. The molecule has 3 heterocycles. The van der Waals surface area contributed by atoms with Gasteiger partial charge in [-0.15, -0.1) is 37.3 Å². The molecule has 3 aromatic heterocycles. The Bertz CT molecular complexity index is 4610. The number of nitriles is 1. The second-order valence-corrected chi connectivity index (χ2v) is 26.7. The van der Waals surface area contributed by atoms with Crippen molar-refractivity contribution in [2.75, 3.05) is 36.3 Å². The summed E-state index contributed by atoms with van der Waals surface area (Å²) < 4.78 is 183. The van der Waals surface area contributed by atoms with E-state index < -0.39 is 99.8 Å². The van der Waals surface area contributed by atoms with Crippen LogP contribution in [-0.4, -0.2) is 121 Å². The van der Waals surface area contributed by atoms with E-state index in [1.807, 2.05) is 6.07 Å². The zero-order chi connectivity index (χ0) is 61.1. The van der Waals surface area contributed by atoms with Gasteiger partial charge in [-0.3, -0.25) is 32.0 Å². The minimum atomic E-state index is -5.18. The number of aromatic hydroxyl groups is 1. The molecule has 0 bridgehead atoms. The number of allylic oxidation sites excluding steroid dienone is 2. The van der Waals surface area contributed by atoms with Crippen molar-refractivity contribution in [3.8, 4) is 23.4 Å². The molecule has 0 saturated carbocycles. The number of amides is 1. The molecule has 0 fully saturated rings. The van der Waals surface area contributed by atoms with Gasteiger partial charge in [0.25, 0.3) is 50.6 Å². The van der Waals surface area contributed by atoms with Gasteiger partial charge in [-0.05, 0) is 86.0 Å². The number of nitrogens with one attached hydrogen (secondary N) is 1. The fourth-order valence-corrected chi connectivity index (χ4v) is 13.0. The Hall–Kier alpha value is -7.74. The number of fused-ring (bicyclic) bond motifs is 4. The highest BCUT2D eigenvalue weighted by Gasteiger charge is 2.29. The number of carbonyl (C=O) groups is 1. The van der Waals surface area contributed by atoms with E-state index in [4.69, 9.17) is 9.47 Å². The summed E-state index contributed by atoms with van der Waals surface area (Å²) in [7, 11) is -22.7. The molecular formula is C46H43N11O19S7. The van der Waals surface area contributed by atoms with Gasteiger partial charge in [0.2, 0.25) is 16.9 Å². The third-order valence-corrected chi connectivity index (χ3v) is 17.7. The SMILES string of the molecule is C=C/C=C(\c1cc(S(=O)(=O)O)c2nc(N=Nc3cc(SCCCS(=O)(=O)O)c(N=Nc4cc(OCCCS(=O)(=O)O)c(N=Nc5c(C)c(C#N)c6nc7ccc(NC(C)=O)c(S(=O)(=O)O)c7n6c5O)cc4C)cc3OC)sc2c1)S(=O)(=O)O. The number of benzene rings is 4. The van der Waals surface area contributed by atoms with Crippen molar-refractivity contribution in [2.45, 2.75) is 48.3 Å². The second kappa shape index (κ2) is 24.6. The monoisotopic (exact) mass is 1280 g/mol. The molecule has 7 N–H and O–H groups in total. The van der Waals surface area contributed by atoms with Crippen LogP contribution in [0.2, 0.25) is 0 Å². The van der Waals surface area contributed by atoms with Crippen LogP contribution in [0.4, 0.5) is 39.3 Å². The topological polar surface area (TPSA) is 468 Å². The average Bonchev–Trinajstić information content (AvgIpc) is 1.84. The third-order valence-electron chi connectivity index (χ3n) is 11.3. The molecule has 0 saturated heterocycles. The summed E-state index contributed by atoms with van der Waals surface area (Å²) in [4.78, 5) is 18.3. The predicted molar refractivity (Wildman–Crippen MR) is 302 cm³/mol. The highest BCUT2D eigenvalue weighted by Crippen LogP contribution is 2.46.